The Kier molecular flexibility index (Phi) is 10.7. The van der Waals surface area contributed by atoms with E-state index in [0.717, 1.165) is 49.7 Å². The molecule has 81 heavy (non-hydrogen) atoms. The number of rotatable bonds is 10. The molecule has 0 saturated heterocycles. The van der Waals surface area contributed by atoms with Gasteiger partial charge in [0.15, 0.2) is 34.9 Å². The third kappa shape index (κ3) is 7.08. The standard InChI is InChI=1S/C74H49N7/c1-9-26-48(27-10-1)67-75-68(49-28-11-2-12-29-49)78-71(77-67)52-44-58-59-45-53(72-79-69(50-30-13-3-14-31-50)76-70(80-72)51-32-15-4-16-33-51)47-63-65(59)81-64(58)62(46-52)73(54-34-17-5-18-35-54,55-36-19-6-20-37-55)60-42-25-43-61(66(60)81)74(63,56-38-21-7-22-39-56)57-40-23-8-24-41-57/h1-47,60,66H. The fraction of sp³-hybridized carbons (Fsp3) is 0.0541. The number of aromatic nitrogens is 7. The van der Waals surface area contributed by atoms with Crippen LogP contribution < -0.4 is 0 Å². The number of nitrogens with zero attached hydrogens (tertiary/aromatic N) is 7. The van der Waals surface area contributed by atoms with Gasteiger partial charge < -0.3 is 4.57 Å². The van der Waals surface area contributed by atoms with Crippen molar-refractivity contribution < 1.29 is 0 Å². The first-order chi connectivity index (χ1) is 40.2. The molecule has 5 heterocycles. The SMILES string of the molecule is C1=CC2C3C(=C1)C(c1ccccc1)(c1ccccc1)c1cc(-c4nc(-c5ccccc5)nc(-c5ccccc5)n4)cc4c5cc(-c6nc(-c7ccccc7)nc(-c7ccccc7)n6)cc(c5n3c14)C2(c1ccccc1)c1ccccc1. The molecule has 3 aromatic heterocycles. The fourth-order valence-electron chi connectivity index (χ4n) is 13.8. The Bertz CT molecular complexity index is 4390. The van der Waals surface area contributed by atoms with Crippen molar-refractivity contribution in [2.45, 2.75) is 16.9 Å². The molecule has 16 rings (SSSR count). The lowest BCUT2D eigenvalue weighted by atomic mass is 9.51. The highest BCUT2D eigenvalue weighted by atomic mass is 15.1. The van der Waals surface area contributed by atoms with Crippen LogP contribution in [0.1, 0.15) is 39.4 Å². The Hall–Kier alpha value is -10.5. The van der Waals surface area contributed by atoms with E-state index in [1.54, 1.807) is 0 Å². The predicted molar refractivity (Wildman–Crippen MR) is 324 cm³/mol. The summed E-state index contributed by atoms with van der Waals surface area (Å²) in [5, 5.41) is 2.18. The van der Waals surface area contributed by atoms with Crippen LogP contribution in [0.2, 0.25) is 0 Å². The molecule has 2 unspecified atom stereocenters. The first-order valence-corrected chi connectivity index (χ1v) is 27.7. The average molecular weight is 1040 g/mol. The second kappa shape index (κ2) is 18.6. The molecule has 0 amide bonds. The van der Waals surface area contributed by atoms with E-state index in [1.807, 2.05) is 72.8 Å². The molecule has 3 aliphatic rings. The Morgan fingerprint density at radius 3 is 0.988 bits per heavy atom. The highest BCUT2D eigenvalue weighted by molar-refractivity contribution is 6.15. The van der Waals surface area contributed by atoms with Crippen molar-refractivity contribution in [1.82, 2.24) is 34.5 Å². The van der Waals surface area contributed by atoms with Gasteiger partial charge in [0.05, 0.1) is 27.9 Å². The topological polar surface area (TPSA) is 82.3 Å². The minimum absolute atomic E-state index is 0.119. The van der Waals surface area contributed by atoms with Crippen molar-refractivity contribution in [3.63, 3.8) is 0 Å². The van der Waals surface area contributed by atoms with Gasteiger partial charge in [0.1, 0.15) is 0 Å². The second-order valence-corrected chi connectivity index (χ2v) is 21.3. The number of benzene rings is 10. The van der Waals surface area contributed by atoms with Crippen LogP contribution >= 0.6 is 0 Å². The summed E-state index contributed by atoms with van der Waals surface area (Å²) in [4.78, 5) is 32.2. The summed E-state index contributed by atoms with van der Waals surface area (Å²) in [7, 11) is 0. The number of hydrogen-bond donors (Lipinski definition) is 0. The first kappa shape index (κ1) is 46.6. The molecular formula is C74H49N7. The number of fused-ring (bicyclic) bond motifs is 1. The van der Waals surface area contributed by atoms with Crippen LogP contribution in [0, 0.1) is 5.92 Å². The zero-order valence-electron chi connectivity index (χ0n) is 43.9. The third-order valence-electron chi connectivity index (χ3n) is 17.1. The van der Waals surface area contributed by atoms with Gasteiger partial charge in [-0.15, -0.1) is 0 Å². The lowest BCUT2D eigenvalue weighted by molar-refractivity contribution is 0.304. The van der Waals surface area contributed by atoms with Gasteiger partial charge in [-0.1, -0.05) is 261 Å². The second-order valence-electron chi connectivity index (χ2n) is 21.3. The molecule has 0 fully saturated rings. The van der Waals surface area contributed by atoms with Gasteiger partial charge in [0, 0.05) is 50.1 Å². The van der Waals surface area contributed by atoms with Gasteiger partial charge >= 0.3 is 0 Å². The molecule has 0 N–H and O–H groups in total. The molecular weight excluding hydrogens is 987 g/mol. The molecule has 0 spiro atoms. The summed E-state index contributed by atoms with van der Waals surface area (Å²) in [6.45, 7) is 0. The van der Waals surface area contributed by atoms with Crippen molar-refractivity contribution >= 4 is 21.8 Å². The minimum atomic E-state index is -0.796. The maximum absolute atomic E-state index is 5.45. The largest absolute Gasteiger partial charge is 0.332 e. The molecule has 0 bridgehead atoms. The van der Waals surface area contributed by atoms with E-state index in [0.29, 0.717) is 34.9 Å². The van der Waals surface area contributed by atoms with E-state index in [2.05, 4.69) is 217 Å². The van der Waals surface area contributed by atoms with Crippen molar-refractivity contribution in [1.29, 1.82) is 0 Å². The van der Waals surface area contributed by atoms with E-state index in [1.165, 1.54) is 44.4 Å². The number of hydrogen-bond acceptors (Lipinski definition) is 6. The van der Waals surface area contributed by atoms with Crippen molar-refractivity contribution in [2.75, 3.05) is 0 Å². The molecule has 2 aliphatic heterocycles. The van der Waals surface area contributed by atoms with Gasteiger partial charge in [-0.25, -0.2) is 29.9 Å². The Morgan fingerprint density at radius 2 is 0.617 bits per heavy atom. The summed E-state index contributed by atoms with van der Waals surface area (Å²) in [5.41, 5.74) is 14.6. The minimum Gasteiger partial charge on any atom is -0.332 e. The highest BCUT2D eigenvalue weighted by Gasteiger charge is 2.59. The van der Waals surface area contributed by atoms with Crippen LogP contribution in [0.5, 0.6) is 0 Å². The van der Waals surface area contributed by atoms with Crippen LogP contribution in [-0.4, -0.2) is 34.5 Å². The number of allylic oxidation sites excluding steroid dienone is 4. The summed E-state index contributed by atoms with van der Waals surface area (Å²) < 4.78 is 2.72. The molecule has 0 radical (unpaired) electrons. The van der Waals surface area contributed by atoms with Gasteiger partial charge in [-0.2, -0.15) is 0 Å². The average Bonchev–Trinajstić information content (AvgIpc) is 2.14. The normalized spacial score (nSPS) is 16.1. The summed E-state index contributed by atoms with van der Waals surface area (Å²) >= 11 is 0. The summed E-state index contributed by atoms with van der Waals surface area (Å²) in [6.07, 6.45) is 7.26. The Morgan fingerprint density at radius 1 is 0.309 bits per heavy atom. The van der Waals surface area contributed by atoms with E-state index in [9.17, 15) is 0 Å². The molecule has 1 aliphatic carbocycles. The van der Waals surface area contributed by atoms with E-state index in [-0.39, 0.29) is 12.0 Å². The monoisotopic (exact) mass is 1040 g/mol. The zero-order chi connectivity index (χ0) is 53.5. The van der Waals surface area contributed by atoms with Crippen molar-refractivity contribution in [3.05, 3.63) is 324 Å². The van der Waals surface area contributed by atoms with Crippen LogP contribution in [-0.2, 0) is 10.8 Å². The predicted octanol–water partition coefficient (Wildman–Crippen LogP) is 16.5. The maximum Gasteiger partial charge on any atom is 0.164 e. The van der Waals surface area contributed by atoms with Crippen LogP contribution in [0.25, 0.3) is 90.1 Å². The summed E-state index contributed by atoms with van der Waals surface area (Å²) in [5.74, 6) is 3.47. The lowest BCUT2D eigenvalue weighted by Crippen LogP contribution is -2.51. The smallest absolute Gasteiger partial charge is 0.164 e. The molecule has 10 aromatic carbocycles. The van der Waals surface area contributed by atoms with E-state index >= 15 is 0 Å². The van der Waals surface area contributed by atoms with Crippen LogP contribution in [0.4, 0.5) is 0 Å². The first-order valence-electron chi connectivity index (χ1n) is 27.7. The molecule has 7 nitrogen and oxygen atoms in total. The van der Waals surface area contributed by atoms with Crippen LogP contribution in [0.15, 0.2) is 291 Å². The molecule has 2 atom stereocenters. The highest BCUT2D eigenvalue weighted by Crippen LogP contribution is 2.67. The van der Waals surface area contributed by atoms with Gasteiger partial charge in [-0.3, -0.25) is 0 Å². The fourth-order valence-corrected chi connectivity index (χ4v) is 13.8. The van der Waals surface area contributed by atoms with Crippen molar-refractivity contribution in [2.24, 2.45) is 5.92 Å². The molecule has 0 saturated carbocycles. The molecule has 380 valence electrons. The van der Waals surface area contributed by atoms with Crippen molar-refractivity contribution in [3.8, 4) is 68.3 Å². The van der Waals surface area contributed by atoms with Gasteiger partial charge in [-0.05, 0) is 63.2 Å². The maximum atomic E-state index is 5.45. The van der Waals surface area contributed by atoms with Gasteiger partial charge in [0.25, 0.3) is 0 Å². The lowest BCUT2D eigenvalue weighted by Gasteiger charge is -2.56. The zero-order valence-corrected chi connectivity index (χ0v) is 43.9. The Balaban J connectivity index is 1.11. The third-order valence-corrected chi connectivity index (χ3v) is 17.1. The van der Waals surface area contributed by atoms with E-state index in [4.69, 9.17) is 29.9 Å². The molecule has 7 heteroatoms. The molecule has 13 aromatic rings. The Labute approximate surface area is 469 Å². The quantitative estimate of drug-likeness (QED) is 0.136. The van der Waals surface area contributed by atoms with E-state index < -0.39 is 10.8 Å². The summed E-state index contributed by atoms with van der Waals surface area (Å²) in [6, 6.07) is 95.1. The van der Waals surface area contributed by atoms with Crippen LogP contribution in [0.3, 0.4) is 0 Å². The van der Waals surface area contributed by atoms with Gasteiger partial charge in [0.2, 0.25) is 0 Å².